The van der Waals surface area contributed by atoms with Gasteiger partial charge in [0.1, 0.15) is 6.61 Å². The first-order valence-corrected chi connectivity index (χ1v) is 7.63. The summed E-state index contributed by atoms with van der Waals surface area (Å²) in [5, 5.41) is 18.5. The topological polar surface area (TPSA) is 135 Å². The van der Waals surface area contributed by atoms with Crippen molar-refractivity contribution in [2.45, 2.75) is 13.5 Å². The summed E-state index contributed by atoms with van der Waals surface area (Å²) in [4.78, 5) is 58.7. The van der Waals surface area contributed by atoms with Gasteiger partial charge in [0.25, 0.3) is 5.78 Å². The molecule has 0 amide bonds. The van der Waals surface area contributed by atoms with Crippen molar-refractivity contribution < 1.29 is 38.9 Å². The fourth-order valence-corrected chi connectivity index (χ4v) is 2.33. The van der Waals surface area contributed by atoms with E-state index in [9.17, 15) is 34.2 Å². The number of carbonyl (C=O) groups is 5. The molecule has 0 aromatic heterocycles. The molecule has 0 saturated carbocycles. The van der Waals surface area contributed by atoms with Crippen LogP contribution in [0, 0.1) is 0 Å². The number of ketones is 2. The van der Waals surface area contributed by atoms with Gasteiger partial charge in [-0.15, -0.1) is 0 Å². The van der Waals surface area contributed by atoms with E-state index >= 15 is 0 Å². The van der Waals surface area contributed by atoms with Gasteiger partial charge in [0.15, 0.2) is 5.78 Å². The number of carboxylic acid groups (broad SMARTS) is 2. The summed E-state index contributed by atoms with van der Waals surface area (Å²) in [6, 6.07) is 9.94. The smallest absolute Gasteiger partial charge is 0.380 e. The molecule has 0 unspecified atom stereocenters. The predicted octanol–water partition coefficient (Wildman–Crippen LogP) is 2.21. The van der Waals surface area contributed by atoms with E-state index < -0.39 is 46.2 Å². The van der Waals surface area contributed by atoms with Crippen LogP contribution in [0.1, 0.15) is 53.9 Å². The van der Waals surface area contributed by atoms with Crippen LogP contribution in [0.15, 0.2) is 42.5 Å². The first-order valence-electron chi connectivity index (χ1n) is 7.63. The lowest BCUT2D eigenvalue weighted by Gasteiger charge is -2.10. The van der Waals surface area contributed by atoms with E-state index in [0.717, 1.165) is 13.0 Å². The zero-order chi connectivity index (χ0) is 20.1. The third-order valence-corrected chi connectivity index (χ3v) is 3.64. The Bertz CT molecular complexity index is 944. The average Bonchev–Trinajstić information content (AvgIpc) is 2.64. The number of esters is 1. The molecule has 0 atom stereocenters. The lowest BCUT2D eigenvalue weighted by atomic mass is 9.94. The number of carboxylic acids is 2. The molecule has 0 fully saturated rings. The van der Waals surface area contributed by atoms with Gasteiger partial charge in [0.05, 0.1) is 11.1 Å². The number of hydrogen-bond donors (Lipinski definition) is 2. The van der Waals surface area contributed by atoms with Crippen molar-refractivity contribution in [1.29, 1.82) is 0 Å². The first kappa shape index (κ1) is 19.5. The van der Waals surface area contributed by atoms with Crippen molar-refractivity contribution in [2.75, 3.05) is 0 Å². The maximum Gasteiger partial charge on any atom is 0.380 e. The normalized spacial score (nSPS) is 10.1. The maximum atomic E-state index is 12.3. The van der Waals surface area contributed by atoms with Gasteiger partial charge >= 0.3 is 17.9 Å². The molecular formula is C19H14O8. The molecule has 0 saturated heterocycles. The highest BCUT2D eigenvalue weighted by atomic mass is 16.5. The quantitative estimate of drug-likeness (QED) is 0.430. The molecule has 0 heterocycles. The van der Waals surface area contributed by atoms with Crippen LogP contribution in [0.5, 0.6) is 0 Å². The highest BCUT2D eigenvalue weighted by molar-refractivity contribution is 6.42. The molecule has 2 rings (SSSR count). The molecule has 27 heavy (non-hydrogen) atoms. The molecule has 0 spiro atoms. The molecule has 2 aromatic carbocycles. The molecule has 0 aliphatic rings. The van der Waals surface area contributed by atoms with Gasteiger partial charge in [0.2, 0.25) is 0 Å². The van der Waals surface area contributed by atoms with Gasteiger partial charge < -0.3 is 14.9 Å². The summed E-state index contributed by atoms with van der Waals surface area (Å²) in [6.07, 6.45) is 0. The number of rotatable bonds is 7. The SMILES string of the molecule is CC(=O)c1cc(C(=O)O)c(C(=O)C(=O)OCc2ccccc2)cc1C(=O)O. The van der Waals surface area contributed by atoms with Crippen LogP contribution in [0.4, 0.5) is 0 Å². The maximum absolute atomic E-state index is 12.3. The van der Waals surface area contributed by atoms with Crippen molar-refractivity contribution in [2.24, 2.45) is 0 Å². The Morgan fingerprint density at radius 2 is 1.33 bits per heavy atom. The molecule has 138 valence electrons. The van der Waals surface area contributed by atoms with Crippen LogP contribution in [0.3, 0.4) is 0 Å². The van der Waals surface area contributed by atoms with E-state index in [1.54, 1.807) is 30.3 Å². The van der Waals surface area contributed by atoms with E-state index in [0.29, 0.717) is 11.6 Å². The number of aromatic carboxylic acids is 2. The van der Waals surface area contributed by atoms with Gasteiger partial charge in [-0.1, -0.05) is 30.3 Å². The molecule has 8 nitrogen and oxygen atoms in total. The third kappa shape index (κ3) is 4.43. The predicted molar refractivity (Wildman–Crippen MR) is 90.9 cm³/mol. The van der Waals surface area contributed by atoms with E-state index in [1.807, 2.05) is 0 Å². The van der Waals surface area contributed by atoms with Crippen LogP contribution >= 0.6 is 0 Å². The minimum atomic E-state index is -1.59. The molecule has 8 heteroatoms. The second-order valence-corrected chi connectivity index (χ2v) is 5.50. The van der Waals surface area contributed by atoms with E-state index in [-0.39, 0.29) is 12.2 Å². The molecule has 2 aromatic rings. The molecular weight excluding hydrogens is 356 g/mol. The average molecular weight is 370 g/mol. The Labute approximate surface area is 153 Å². The monoisotopic (exact) mass is 370 g/mol. The summed E-state index contributed by atoms with van der Waals surface area (Å²) in [7, 11) is 0. The van der Waals surface area contributed by atoms with Crippen molar-refractivity contribution in [3.63, 3.8) is 0 Å². The lowest BCUT2D eigenvalue weighted by Crippen LogP contribution is -2.22. The largest absolute Gasteiger partial charge is 0.478 e. The second-order valence-electron chi connectivity index (χ2n) is 5.50. The summed E-state index contributed by atoms with van der Waals surface area (Å²) >= 11 is 0. The highest BCUT2D eigenvalue weighted by Gasteiger charge is 2.28. The lowest BCUT2D eigenvalue weighted by molar-refractivity contribution is -0.139. The van der Waals surface area contributed by atoms with Crippen molar-refractivity contribution in [1.82, 2.24) is 0 Å². The summed E-state index contributed by atoms with van der Waals surface area (Å²) < 4.78 is 4.86. The fourth-order valence-electron chi connectivity index (χ4n) is 2.33. The van der Waals surface area contributed by atoms with Crippen LogP contribution in [-0.4, -0.2) is 39.7 Å². The first-order chi connectivity index (χ1) is 12.7. The van der Waals surface area contributed by atoms with E-state index in [1.165, 1.54) is 0 Å². The van der Waals surface area contributed by atoms with E-state index in [4.69, 9.17) is 4.74 Å². The summed E-state index contributed by atoms with van der Waals surface area (Å²) in [5.74, 6) is -6.48. The van der Waals surface area contributed by atoms with Gasteiger partial charge in [-0.25, -0.2) is 14.4 Å². The zero-order valence-corrected chi connectivity index (χ0v) is 14.1. The Hall–Kier alpha value is -3.81. The molecule has 0 aliphatic heterocycles. The van der Waals surface area contributed by atoms with Crippen LogP contribution in [0.25, 0.3) is 0 Å². The van der Waals surface area contributed by atoms with Gasteiger partial charge in [-0.05, 0) is 24.6 Å². The van der Waals surface area contributed by atoms with Crippen molar-refractivity contribution in [3.8, 4) is 0 Å². The molecule has 2 N–H and O–H groups in total. The minimum Gasteiger partial charge on any atom is -0.478 e. The van der Waals surface area contributed by atoms with Crippen LogP contribution < -0.4 is 0 Å². The Kier molecular flexibility index (Phi) is 5.82. The molecule has 0 bridgehead atoms. The Balaban J connectivity index is 2.39. The highest BCUT2D eigenvalue weighted by Crippen LogP contribution is 2.20. The Morgan fingerprint density at radius 1 is 0.815 bits per heavy atom. The van der Waals surface area contributed by atoms with Crippen LogP contribution in [0.2, 0.25) is 0 Å². The Morgan fingerprint density at radius 3 is 1.85 bits per heavy atom. The number of ether oxygens (including phenoxy) is 1. The minimum absolute atomic E-state index is 0.217. The van der Waals surface area contributed by atoms with Crippen LogP contribution in [-0.2, 0) is 16.1 Å². The van der Waals surface area contributed by atoms with Gasteiger partial charge in [0, 0.05) is 11.1 Å². The molecule has 0 radical (unpaired) electrons. The summed E-state index contributed by atoms with van der Waals surface area (Å²) in [6.45, 7) is 0.841. The summed E-state index contributed by atoms with van der Waals surface area (Å²) in [5.41, 5.74) is -1.68. The molecule has 0 aliphatic carbocycles. The second kappa shape index (κ2) is 8.05. The van der Waals surface area contributed by atoms with Gasteiger partial charge in [-0.3, -0.25) is 9.59 Å². The third-order valence-electron chi connectivity index (χ3n) is 3.64. The number of carbonyl (C=O) groups excluding carboxylic acids is 3. The fraction of sp³-hybridized carbons (Fsp3) is 0.105. The van der Waals surface area contributed by atoms with Crippen molar-refractivity contribution in [3.05, 3.63) is 70.3 Å². The van der Waals surface area contributed by atoms with E-state index in [2.05, 4.69) is 0 Å². The number of Topliss-reactive ketones (excluding diaryl/α,β-unsaturated/α-hetero) is 2. The number of benzene rings is 2. The standard InChI is InChI=1S/C19H14O8/c1-10(20)12-7-15(18(24)25)13(8-14(12)17(22)23)16(21)19(26)27-9-11-5-3-2-4-6-11/h2-8H,9H2,1H3,(H,22,23)(H,24,25). The number of hydrogen-bond acceptors (Lipinski definition) is 6. The van der Waals surface area contributed by atoms with Crippen molar-refractivity contribution >= 4 is 29.5 Å². The zero-order valence-electron chi connectivity index (χ0n) is 14.1. The van der Waals surface area contributed by atoms with Gasteiger partial charge in [-0.2, -0.15) is 0 Å².